The summed E-state index contributed by atoms with van der Waals surface area (Å²) < 4.78 is 0.414. The maximum atomic E-state index is 11.5. The fourth-order valence-corrected chi connectivity index (χ4v) is 1.51. The van der Waals surface area contributed by atoms with E-state index in [9.17, 15) is 19.7 Å². The Morgan fingerprint density at radius 2 is 2.10 bits per heavy atom. The Morgan fingerprint density at radius 3 is 2.65 bits per heavy atom. The molecule has 0 radical (unpaired) electrons. The summed E-state index contributed by atoms with van der Waals surface area (Å²) in [5.41, 5.74) is -0.0735. The molecule has 108 valence electrons. The summed E-state index contributed by atoms with van der Waals surface area (Å²) in [6.07, 6.45) is -1.73. The molecule has 0 aliphatic rings. The molecule has 10 heteroatoms. The Kier molecular flexibility index (Phi) is 5.41. The number of anilines is 1. The zero-order valence-corrected chi connectivity index (χ0v) is 11.5. The van der Waals surface area contributed by atoms with Crippen LogP contribution in [0.1, 0.15) is 0 Å². The van der Waals surface area contributed by atoms with Gasteiger partial charge in [0.05, 0.1) is 17.2 Å². The number of nitrogens with zero attached hydrogens (tertiary/aromatic N) is 1. The van der Waals surface area contributed by atoms with Crippen LogP contribution in [0, 0.1) is 10.1 Å². The fourth-order valence-electron chi connectivity index (χ4n) is 1.17. The number of hydrogen-bond acceptors (Lipinski definition) is 5. The van der Waals surface area contributed by atoms with E-state index >= 15 is 0 Å². The topological polar surface area (TPSA) is 142 Å². The lowest BCUT2D eigenvalue weighted by atomic mass is 10.3. The number of urea groups is 1. The number of carbonyl (C=O) groups excluding carboxylic acids is 1. The molecule has 0 bridgehead atoms. The third-order valence-electron chi connectivity index (χ3n) is 2.15. The summed E-state index contributed by atoms with van der Waals surface area (Å²) in [6.45, 7) is -0.492. The standard InChI is InChI=1S/C10H10BrN3O6/c11-6-2-1-5(14(19)20)3-7(6)13-10(18)12-4-8(15)9(16)17/h1-3,8,15H,4H2,(H,16,17)(H2,12,13,18)/t8-/m0/s1. The van der Waals surface area contributed by atoms with Gasteiger partial charge in [-0.15, -0.1) is 0 Å². The number of halogens is 1. The summed E-state index contributed by atoms with van der Waals surface area (Å²) in [5.74, 6) is -1.47. The van der Waals surface area contributed by atoms with Crippen LogP contribution in [0.25, 0.3) is 0 Å². The van der Waals surface area contributed by atoms with Crippen LogP contribution in [-0.2, 0) is 4.79 Å². The maximum absolute atomic E-state index is 11.5. The summed E-state index contributed by atoms with van der Waals surface area (Å²) in [7, 11) is 0. The number of nitro groups is 1. The van der Waals surface area contributed by atoms with Crippen molar-refractivity contribution in [1.29, 1.82) is 0 Å². The molecule has 0 spiro atoms. The highest BCUT2D eigenvalue weighted by Crippen LogP contribution is 2.26. The molecule has 4 N–H and O–H groups in total. The van der Waals surface area contributed by atoms with Crippen molar-refractivity contribution in [3.8, 4) is 0 Å². The van der Waals surface area contributed by atoms with Crippen molar-refractivity contribution < 1.29 is 24.7 Å². The molecule has 0 aliphatic carbocycles. The molecule has 0 saturated heterocycles. The molecule has 0 heterocycles. The van der Waals surface area contributed by atoms with Gasteiger partial charge in [-0.25, -0.2) is 9.59 Å². The molecule has 1 rings (SSSR count). The highest BCUT2D eigenvalue weighted by molar-refractivity contribution is 9.10. The average molecular weight is 348 g/mol. The molecule has 1 atom stereocenters. The summed E-state index contributed by atoms with van der Waals surface area (Å²) in [6, 6.07) is 2.98. The van der Waals surface area contributed by atoms with Crippen molar-refractivity contribution in [3.05, 3.63) is 32.8 Å². The smallest absolute Gasteiger partial charge is 0.334 e. The Morgan fingerprint density at radius 1 is 1.45 bits per heavy atom. The molecule has 0 aromatic heterocycles. The lowest BCUT2D eigenvalue weighted by Crippen LogP contribution is -2.38. The van der Waals surface area contributed by atoms with Crippen LogP contribution in [-0.4, -0.2) is 39.8 Å². The van der Waals surface area contributed by atoms with E-state index in [1.807, 2.05) is 0 Å². The maximum Gasteiger partial charge on any atom is 0.334 e. The van der Waals surface area contributed by atoms with Crippen molar-refractivity contribution in [2.45, 2.75) is 6.10 Å². The van der Waals surface area contributed by atoms with E-state index in [2.05, 4.69) is 26.6 Å². The van der Waals surface area contributed by atoms with Gasteiger partial charge in [-0.05, 0) is 22.0 Å². The zero-order chi connectivity index (χ0) is 15.3. The number of nitro benzene ring substituents is 1. The van der Waals surface area contributed by atoms with E-state index in [1.54, 1.807) is 0 Å². The number of aliphatic hydroxyl groups excluding tert-OH is 1. The third kappa shape index (κ3) is 4.48. The number of aliphatic hydroxyl groups is 1. The molecule has 2 amide bonds. The minimum atomic E-state index is -1.73. The highest BCUT2D eigenvalue weighted by Gasteiger charge is 2.15. The Hall–Kier alpha value is -2.20. The number of hydrogen-bond donors (Lipinski definition) is 4. The number of nitrogens with one attached hydrogen (secondary N) is 2. The SMILES string of the molecule is O=C(NC[C@H](O)C(=O)O)Nc1cc([N+](=O)[O-])ccc1Br. The molecular formula is C10H10BrN3O6. The van der Waals surface area contributed by atoms with Crippen LogP contribution in [0.5, 0.6) is 0 Å². The van der Waals surface area contributed by atoms with Gasteiger partial charge < -0.3 is 20.8 Å². The highest BCUT2D eigenvalue weighted by atomic mass is 79.9. The molecule has 20 heavy (non-hydrogen) atoms. The van der Waals surface area contributed by atoms with Crippen LogP contribution in [0.3, 0.4) is 0 Å². The lowest BCUT2D eigenvalue weighted by Gasteiger charge is -2.10. The van der Waals surface area contributed by atoms with Crippen LogP contribution in [0.4, 0.5) is 16.2 Å². The fraction of sp³-hybridized carbons (Fsp3) is 0.200. The van der Waals surface area contributed by atoms with Crippen molar-refractivity contribution >= 4 is 39.3 Å². The Labute approximate surface area is 120 Å². The van der Waals surface area contributed by atoms with Gasteiger partial charge in [-0.2, -0.15) is 0 Å². The van der Waals surface area contributed by atoms with E-state index in [0.29, 0.717) is 4.47 Å². The largest absolute Gasteiger partial charge is 0.479 e. The van der Waals surface area contributed by atoms with Crippen molar-refractivity contribution in [3.63, 3.8) is 0 Å². The predicted molar refractivity (Wildman–Crippen MR) is 71.5 cm³/mol. The third-order valence-corrected chi connectivity index (χ3v) is 2.84. The second-order valence-corrected chi connectivity index (χ2v) is 4.46. The number of rotatable bonds is 5. The van der Waals surface area contributed by atoms with Gasteiger partial charge in [-0.1, -0.05) is 0 Å². The van der Waals surface area contributed by atoms with Gasteiger partial charge in [0.15, 0.2) is 6.10 Å². The molecule has 0 fully saturated rings. The van der Waals surface area contributed by atoms with Gasteiger partial charge in [0.25, 0.3) is 5.69 Å². The number of carboxylic acid groups (broad SMARTS) is 1. The van der Waals surface area contributed by atoms with E-state index in [-0.39, 0.29) is 11.4 Å². The molecule has 0 unspecified atom stereocenters. The van der Waals surface area contributed by atoms with E-state index in [4.69, 9.17) is 10.2 Å². The quantitative estimate of drug-likeness (QED) is 0.461. The normalized spacial score (nSPS) is 11.5. The number of carboxylic acids is 1. The minimum Gasteiger partial charge on any atom is -0.479 e. The first-order valence-electron chi connectivity index (χ1n) is 5.21. The van der Waals surface area contributed by atoms with Gasteiger partial charge in [0.2, 0.25) is 0 Å². The van der Waals surface area contributed by atoms with E-state index < -0.39 is 29.6 Å². The minimum absolute atomic E-state index is 0.140. The number of benzene rings is 1. The first kappa shape index (κ1) is 15.9. The molecule has 9 nitrogen and oxygen atoms in total. The Bertz CT molecular complexity index is 550. The lowest BCUT2D eigenvalue weighted by molar-refractivity contribution is -0.384. The van der Waals surface area contributed by atoms with Crippen LogP contribution < -0.4 is 10.6 Å². The van der Waals surface area contributed by atoms with Crippen LogP contribution in [0.15, 0.2) is 22.7 Å². The van der Waals surface area contributed by atoms with Crippen LogP contribution in [0.2, 0.25) is 0 Å². The summed E-state index contributed by atoms with van der Waals surface area (Å²) in [4.78, 5) is 31.8. The summed E-state index contributed by atoms with van der Waals surface area (Å²) in [5, 5.41) is 32.4. The van der Waals surface area contributed by atoms with Gasteiger partial charge in [0, 0.05) is 16.6 Å². The first-order chi connectivity index (χ1) is 9.31. The predicted octanol–water partition coefficient (Wildman–Crippen LogP) is 0.924. The van der Waals surface area contributed by atoms with Crippen LogP contribution >= 0.6 is 15.9 Å². The second-order valence-electron chi connectivity index (χ2n) is 3.61. The molecule has 0 saturated carbocycles. The van der Waals surface area contributed by atoms with Gasteiger partial charge in [-0.3, -0.25) is 10.1 Å². The number of non-ortho nitro benzene ring substituents is 1. The van der Waals surface area contributed by atoms with Gasteiger partial charge in [0.1, 0.15) is 0 Å². The van der Waals surface area contributed by atoms with Crippen molar-refractivity contribution in [2.24, 2.45) is 0 Å². The van der Waals surface area contributed by atoms with Crippen molar-refractivity contribution in [2.75, 3.05) is 11.9 Å². The summed E-state index contributed by atoms with van der Waals surface area (Å²) >= 11 is 3.10. The molecule has 0 aliphatic heterocycles. The monoisotopic (exact) mass is 347 g/mol. The number of amides is 2. The second kappa shape index (κ2) is 6.82. The van der Waals surface area contributed by atoms with E-state index in [1.165, 1.54) is 12.1 Å². The van der Waals surface area contributed by atoms with Gasteiger partial charge >= 0.3 is 12.0 Å². The molecule has 1 aromatic carbocycles. The van der Waals surface area contributed by atoms with E-state index in [0.717, 1.165) is 6.07 Å². The number of carbonyl (C=O) groups is 2. The van der Waals surface area contributed by atoms with Crippen molar-refractivity contribution in [1.82, 2.24) is 5.32 Å². The average Bonchev–Trinajstić information content (AvgIpc) is 2.38. The zero-order valence-electron chi connectivity index (χ0n) is 9.87. The molecular weight excluding hydrogens is 338 g/mol. The molecule has 1 aromatic rings. The number of aliphatic carboxylic acids is 1. The first-order valence-corrected chi connectivity index (χ1v) is 6.00. The Balaban J connectivity index is 2.68.